The Labute approximate surface area is 93.8 Å². The first-order valence-electron chi connectivity index (χ1n) is 4.32. The number of hydrogen-bond donors (Lipinski definition) is 2. The average Bonchev–Trinajstić information content (AvgIpc) is 1.96. The number of unbranched alkanes of at least 4 members (excludes halogenated alkanes) is 3. The molecule has 80 valence electrons. The molecule has 0 radical (unpaired) electrons. The lowest BCUT2D eigenvalue weighted by Gasteiger charge is -2.28. The van der Waals surface area contributed by atoms with E-state index in [-0.39, 0.29) is 6.42 Å². The molecule has 0 saturated carbocycles. The van der Waals surface area contributed by atoms with Crippen LogP contribution in [0.15, 0.2) is 0 Å². The second-order valence-electron chi connectivity index (χ2n) is 3.10. The molecule has 0 aromatic carbocycles. The summed E-state index contributed by atoms with van der Waals surface area (Å²) in [5, 5.41) is 15.4. The number of aliphatic hydroxyl groups is 2. The molecule has 2 N–H and O–H groups in total. The second-order valence-corrected chi connectivity index (χ2v) is 5.11. The third-order valence-electron chi connectivity index (χ3n) is 1.81. The number of halogens is 3. The van der Waals surface area contributed by atoms with Gasteiger partial charge in [-0.25, -0.2) is 0 Å². The van der Waals surface area contributed by atoms with E-state index in [1.54, 1.807) is 0 Å². The van der Waals surface area contributed by atoms with Crippen molar-refractivity contribution in [1.82, 2.24) is 0 Å². The monoisotopic (exact) mass is 248 g/mol. The largest absolute Gasteiger partial charge is 0.351 e. The molecule has 13 heavy (non-hydrogen) atoms. The fourth-order valence-electron chi connectivity index (χ4n) is 0.933. The predicted octanol–water partition coefficient (Wildman–Crippen LogP) is 3.01. The van der Waals surface area contributed by atoms with Crippen molar-refractivity contribution in [3.8, 4) is 0 Å². The average molecular weight is 250 g/mol. The molecule has 0 heterocycles. The van der Waals surface area contributed by atoms with Crippen LogP contribution in [0.5, 0.6) is 0 Å². The van der Waals surface area contributed by atoms with Gasteiger partial charge in [0, 0.05) is 0 Å². The van der Waals surface area contributed by atoms with Crippen LogP contribution in [0.2, 0.25) is 0 Å². The third kappa shape index (κ3) is 5.28. The topological polar surface area (TPSA) is 40.5 Å². The Hall–Kier alpha value is 0.790. The Balaban J connectivity index is 3.77. The molecule has 0 aliphatic carbocycles. The molecule has 0 spiro atoms. The van der Waals surface area contributed by atoms with E-state index in [0.717, 1.165) is 25.7 Å². The molecule has 0 unspecified atom stereocenters. The molecular weight excluding hydrogens is 234 g/mol. The smallest absolute Gasteiger partial charge is 0.277 e. The first-order chi connectivity index (χ1) is 5.81. The van der Waals surface area contributed by atoms with Crippen molar-refractivity contribution >= 4 is 34.8 Å². The van der Waals surface area contributed by atoms with E-state index in [0.29, 0.717) is 0 Å². The summed E-state index contributed by atoms with van der Waals surface area (Å²) in [6.45, 7) is 2.08. The van der Waals surface area contributed by atoms with Gasteiger partial charge in [0.2, 0.25) is 0 Å². The summed E-state index contributed by atoms with van der Waals surface area (Å²) in [4.78, 5) is 0. The van der Waals surface area contributed by atoms with E-state index in [1.807, 2.05) is 0 Å². The highest BCUT2D eigenvalue weighted by atomic mass is 35.5. The van der Waals surface area contributed by atoms with Crippen molar-refractivity contribution in [2.45, 2.75) is 48.6 Å². The summed E-state index contributed by atoms with van der Waals surface area (Å²) < 4.78 is -1.69. The lowest BCUT2D eigenvalue weighted by atomic mass is 10.1. The molecule has 0 bridgehead atoms. The van der Waals surface area contributed by atoms with Gasteiger partial charge in [-0.1, -0.05) is 67.4 Å². The third-order valence-corrected chi connectivity index (χ3v) is 3.23. The number of alkyl halides is 3. The Morgan fingerprint density at radius 1 is 1.00 bits per heavy atom. The van der Waals surface area contributed by atoms with Crippen LogP contribution in [0.25, 0.3) is 0 Å². The van der Waals surface area contributed by atoms with Crippen LogP contribution < -0.4 is 0 Å². The zero-order valence-corrected chi connectivity index (χ0v) is 9.83. The van der Waals surface area contributed by atoms with Gasteiger partial charge in [-0.2, -0.15) is 0 Å². The van der Waals surface area contributed by atoms with Crippen molar-refractivity contribution < 1.29 is 10.2 Å². The van der Waals surface area contributed by atoms with E-state index in [4.69, 9.17) is 45.0 Å². The summed E-state index contributed by atoms with van der Waals surface area (Å²) in [6, 6.07) is 0. The summed E-state index contributed by atoms with van der Waals surface area (Å²) in [5.41, 5.74) is 0. The minimum absolute atomic E-state index is 0.270. The van der Waals surface area contributed by atoms with E-state index in [1.165, 1.54) is 0 Å². The van der Waals surface area contributed by atoms with Crippen molar-refractivity contribution in [1.29, 1.82) is 0 Å². The highest BCUT2D eigenvalue weighted by Gasteiger charge is 2.45. The lowest BCUT2D eigenvalue weighted by molar-refractivity contribution is -0.0975. The Kier molecular flexibility index (Phi) is 5.96. The molecule has 0 rings (SSSR count). The molecule has 0 amide bonds. The fourth-order valence-corrected chi connectivity index (χ4v) is 1.29. The van der Waals surface area contributed by atoms with Gasteiger partial charge < -0.3 is 10.2 Å². The minimum Gasteiger partial charge on any atom is -0.351 e. The normalized spacial score (nSPS) is 13.4. The van der Waals surface area contributed by atoms with Gasteiger partial charge in [0.1, 0.15) is 0 Å². The van der Waals surface area contributed by atoms with Gasteiger partial charge >= 0.3 is 0 Å². The molecule has 2 nitrogen and oxygen atoms in total. The molecule has 0 atom stereocenters. The number of hydrogen-bond acceptors (Lipinski definition) is 2. The molecule has 0 aliphatic rings. The minimum atomic E-state index is -2.55. The summed E-state index contributed by atoms with van der Waals surface area (Å²) in [7, 11) is 0. The Morgan fingerprint density at radius 2 is 1.54 bits per heavy atom. The zero-order chi connectivity index (χ0) is 10.5. The Morgan fingerprint density at radius 3 is 1.92 bits per heavy atom. The summed E-state index contributed by atoms with van der Waals surface area (Å²) in [6.07, 6.45) is 4.14. The first-order valence-corrected chi connectivity index (χ1v) is 5.46. The molecule has 0 aliphatic heterocycles. The summed E-state index contributed by atoms with van der Waals surface area (Å²) in [5.74, 6) is 0. The van der Waals surface area contributed by atoms with Gasteiger partial charge in [0.15, 0.2) is 4.33 Å². The molecule has 0 saturated heterocycles. The highest BCUT2D eigenvalue weighted by Crippen LogP contribution is 2.39. The van der Waals surface area contributed by atoms with Crippen LogP contribution in [-0.4, -0.2) is 19.8 Å². The van der Waals surface area contributed by atoms with Crippen LogP contribution in [0, 0.1) is 0 Å². The van der Waals surface area contributed by atoms with Gasteiger partial charge in [0.05, 0.1) is 0 Å². The zero-order valence-electron chi connectivity index (χ0n) is 7.56. The fraction of sp³-hybridized carbons (Fsp3) is 1.00. The lowest BCUT2D eigenvalue weighted by Crippen LogP contribution is -2.40. The van der Waals surface area contributed by atoms with Crippen LogP contribution in [0.1, 0.15) is 39.0 Å². The van der Waals surface area contributed by atoms with E-state index >= 15 is 0 Å². The van der Waals surface area contributed by atoms with E-state index in [2.05, 4.69) is 6.92 Å². The van der Waals surface area contributed by atoms with Crippen molar-refractivity contribution in [2.75, 3.05) is 0 Å². The van der Waals surface area contributed by atoms with Crippen LogP contribution in [0.4, 0.5) is 0 Å². The van der Waals surface area contributed by atoms with Gasteiger partial charge in [-0.05, 0) is 6.42 Å². The second kappa shape index (κ2) is 5.62. The van der Waals surface area contributed by atoms with E-state index < -0.39 is 9.58 Å². The van der Waals surface area contributed by atoms with Crippen LogP contribution in [0.3, 0.4) is 0 Å². The van der Waals surface area contributed by atoms with Gasteiger partial charge in [0.25, 0.3) is 5.25 Å². The molecule has 0 aromatic heterocycles. The highest BCUT2D eigenvalue weighted by molar-refractivity contribution is 6.52. The maximum Gasteiger partial charge on any atom is 0.277 e. The molecule has 5 heteroatoms. The Bertz CT molecular complexity index is 143. The molecule has 0 fully saturated rings. The molecular formula is C8H15Cl3O2. The summed E-state index contributed by atoms with van der Waals surface area (Å²) >= 11 is 16.4. The van der Waals surface area contributed by atoms with Gasteiger partial charge in [-0.3, -0.25) is 0 Å². The van der Waals surface area contributed by atoms with Crippen LogP contribution >= 0.6 is 34.8 Å². The van der Waals surface area contributed by atoms with Crippen LogP contribution in [-0.2, 0) is 0 Å². The first kappa shape index (κ1) is 13.8. The van der Waals surface area contributed by atoms with Crippen molar-refractivity contribution in [3.63, 3.8) is 0 Å². The van der Waals surface area contributed by atoms with Crippen molar-refractivity contribution in [2.24, 2.45) is 0 Å². The SMILES string of the molecule is CCCCCCC(Cl)(Cl)C(O)(O)Cl. The maximum absolute atomic E-state index is 8.96. The van der Waals surface area contributed by atoms with E-state index in [9.17, 15) is 0 Å². The van der Waals surface area contributed by atoms with Gasteiger partial charge in [-0.15, -0.1) is 0 Å². The maximum atomic E-state index is 8.96. The standard InChI is InChI=1S/C8H15Cl3O2/c1-2-3-4-5-6-7(9,10)8(11,12)13/h12-13H,2-6H2,1H3. The predicted molar refractivity (Wildman–Crippen MR) is 56.2 cm³/mol. The number of rotatable bonds is 6. The quantitative estimate of drug-likeness (QED) is 0.432. The van der Waals surface area contributed by atoms with Crippen molar-refractivity contribution in [3.05, 3.63) is 0 Å². The molecule has 0 aromatic rings.